The lowest BCUT2D eigenvalue weighted by Crippen LogP contribution is -2.18. The van der Waals surface area contributed by atoms with Gasteiger partial charge in [-0.05, 0) is 19.1 Å². The van der Waals surface area contributed by atoms with Gasteiger partial charge in [0.25, 0.3) is 0 Å². The lowest BCUT2D eigenvalue weighted by Gasteiger charge is -2.20. The molecule has 0 aliphatic rings. The number of thiophene rings is 1. The first-order chi connectivity index (χ1) is 13.2. The van der Waals surface area contributed by atoms with Crippen molar-refractivity contribution in [1.82, 2.24) is 34.5 Å². The molecule has 2 N–H and O–H groups in total. The monoisotopic (exact) mass is 379 g/mol. The number of rotatable bonds is 5. The van der Waals surface area contributed by atoms with Crippen molar-refractivity contribution in [2.24, 2.45) is 0 Å². The molecule has 5 aromatic rings. The zero-order chi connectivity index (χ0) is 18.4. The van der Waals surface area contributed by atoms with Gasteiger partial charge in [-0.3, -0.25) is 19.4 Å². The van der Waals surface area contributed by atoms with E-state index < -0.39 is 0 Å². The van der Waals surface area contributed by atoms with Crippen molar-refractivity contribution in [3.63, 3.8) is 0 Å². The van der Waals surface area contributed by atoms with E-state index in [1.165, 1.54) is 9.58 Å². The maximum atomic E-state index is 9.04. The fourth-order valence-electron chi connectivity index (χ4n) is 3.12. The maximum absolute atomic E-state index is 9.04. The van der Waals surface area contributed by atoms with E-state index in [1.807, 2.05) is 29.3 Å². The molecule has 0 fully saturated rings. The topological polar surface area (TPSA) is 97.4 Å². The first kappa shape index (κ1) is 16.2. The number of pyridine rings is 1. The summed E-state index contributed by atoms with van der Waals surface area (Å²) in [6.07, 6.45) is 9.05. The van der Waals surface area contributed by atoms with Crippen molar-refractivity contribution in [3.8, 4) is 11.3 Å². The summed E-state index contributed by atoms with van der Waals surface area (Å²) in [5.74, 6) is 0. The van der Waals surface area contributed by atoms with Crippen LogP contribution in [-0.4, -0.2) is 46.2 Å². The normalized spacial score (nSPS) is 13.0. The first-order valence-corrected chi connectivity index (χ1v) is 9.44. The molecule has 5 heterocycles. The van der Waals surface area contributed by atoms with Crippen LogP contribution in [0.2, 0.25) is 0 Å². The Kier molecular flexibility index (Phi) is 3.76. The highest BCUT2D eigenvalue weighted by atomic mass is 32.1. The van der Waals surface area contributed by atoms with E-state index in [9.17, 15) is 0 Å². The number of H-pyrrole nitrogens is 1. The van der Waals surface area contributed by atoms with Gasteiger partial charge in [-0.15, -0.1) is 11.3 Å². The lowest BCUT2D eigenvalue weighted by molar-refractivity contribution is 0.269. The molecular formula is C18H17N7OS. The van der Waals surface area contributed by atoms with Crippen molar-refractivity contribution in [3.05, 3.63) is 48.0 Å². The van der Waals surface area contributed by atoms with Crippen LogP contribution in [0.25, 0.3) is 32.6 Å². The minimum atomic E-state index is 0.0525. The summed E-state index contributed by atoms with van der Waals surface area (Å²) in [4.78, 5) is 14.6. The average molecular weight is 379 g/mol. The van der Waals surface area contributed by atoms with Crippen molar-refractivity contribution in [1.29, 1.82) is 0 Å². The number of fused-ring (bicyclic) bond motifs is 2. The van der Waals surface area contributed by atoms with E-state index in [4.69, 9.17) is 10.1 Å². The Bertz CT molecular complexity index is 1200. The van der Waals surface area contributed by atoms with E-state index in [-0.39, 0.29) is 12.6 Å². The summed E-state index contributed by atoms with van der Waals surface area (Å²) < 4.78 is 4.95. The van der Waals surface area contributed by atoms with Crippen LogP contribution in [0.4, 0.5) is 0 Å². The summed E-state index contributed by atoms with van der Waals surface area (Å²) in [7, 11) is 0. The summed E-state index contributed by atoms with van der Waals surface area (Å²) in [6.45, 7) is 2.66. The predicted octanol–water partition coefficient (Wildman–Crippen LogP) is 2.83. The summed E-state index contributed by atoms with van der Waals surface area (Å²) in [5.41, 5.74) is 3.24. The lowest BCUT2D eigenvalue weighted by atomic mass is 10.2. The SMILES string of the molecule is CC(c1cc2cnccc2s1)n1[nH]c2ncc(-c3cnn(CCO)c3)nc21. The molecule has 9 heteroatoms. The smallest absolute Gasteiger partial charge is 0.193 e. The van der Waals surface area contributed by atoms with Gasteiger partial charge in [-0.1, -0.05) is 0 Å². The highest BCUT2D eigenvalue weighted by Gasteiger charge is 2.19. The molecule has 0 radical (unpaired) electrons. The molecule has 0 bridgehead atoms. The molecule has 1 atom stereocenters. The summed E-state index contributed by atoms with van der Waals surface area (Å²) >= 11 is 1.76. The summed E-state index contributed by atoms with van der Waals surface area (Å²) in [6, 6.07) is 4.33. The number of nitrogens with zero attached hydrogens (tertiary/aromatic N) is 6. The molecule has 0 saturated heterocycles. The molecule has 1 unspecified atom stereocenters. The third kappa shape index (κ3) is 2.71. The van der Waals surface area contributed by atoms with Crippen LogP contribution >= 0.6 is 11.3 Å². The fraction of sp³-hybridized carbons (Fsp3) is 0.222. The highest BCUT2D eigenvalue weighted by Crippen LogP contribution is 2.32. The minimum Gasteiger partial charge on any atom is -0.394 e. The number of hydrogen-bond donors (Lipinski definition) is 2. The number of nitrogens with one attached hydrogen (secondary N) is 1. The van der Waals surface area contributed by atoms with Crippen molar-refractivity contribution >= 4 is 32.7 Å². The van der Waals surface area contributed by atoms with E-state index in [1.54, 1.807) is 28.4 Å². The number of aromatic nitrogens is 7. The molecule has 136 valence electrons. The Morgan fingerprint density at radius 3 is 3.07 bits per heavy atom. The zero-order valence-corrected chi connectivity index (χ0v) is 15.4. The van der Waals surface area contributed by atoms with Crippen molar-refractivity contribution < 1.29 is 5.11 Å². The number of aliphatic hydroxyl groups excluding tert-OH is 1. The van der Waals surface area contributed by atoms with Crippen molar-refractivity contribution in [2.75, 3.05) is 6.61 Å². The van der Waals surface area contributed by atoms with Crippen LogP contribution in [0, 0.1) is 0 Å². The minimum absolute atomic E-state index is 0.0525. The molecule has 5 rings (SSSR count). The molecule has 0 aliphatic carbocycles. The van der Waals surface area contributed by atoms with Gasteiger partial charge >= 0.3 is 0 Å². The second-order valence-electron chi connectivity index (χ2n) is 6.36. The quantitative estimate of drug-likeness (QED) is 0.489. The van der Waals surface area contributed by atoms with Crippen molar-refractivity contribution in [2.45, 2.75) is 19.5 Å². The molecule has 8 nitrogen and oxygen atoms in total. The Labute approximate surface area is 158 Å². The molecule has 0 saturated carbocycles. The molecule has 0 spiro atoms. The molecule has 5 aromatic heterocycles. The van der Waals surface area contributed by atoms with E-state index >= 15 is 0 Å². The standard InChI is InChI=1S/C18H17N7OS/c1-11(16-6-12-7-19-3-2-15(12)27-16)25-18-17(23-25)20-9-14(22-18)13-8-21-24(10-13)4-5-26/h2-3,6-11,26H,4-5H2,1H3,(H,20,23). The number of aromatic amines is 1. The van der Waals surface area contributed by atoms with Crippen LogP contribution < -0.4 is 0 Å². The Hall–Kier alpha value is -3.04. The molecule has 27 heavy (non-hydrogen) atoms. The molecule has 0 aliphatic heterocycles. The van der Waals surface area contributed by atoms with Gasteiger partial charge in [0.05, 0.1) is 37.3 Å². The molecule has 0 aromatic carbocycles. The van der Waals surface area contributed by atoms with E-state index in [0.717, 1.165) is 27.9 Å². The van der Waals surface area contributed by atoms with E-state index in [0.29, 0.717) is 6.54 Å². The van der Waals surface area contributed by atoms with E-state index in [2.05, 4.69) is 33.2 Å². The fourth-order valence-corrected chi connectivity index (χ4v) is 4.19. The van der Waals surface area contributed by atoms with Crippen LogP contribution in [0.3, 0.4) is 0 Å². The van der Waals surface area contributed by atoms with Gasteiger partial charge in [-0.2, -0.15) is 5.10 Å². The Morgan fingerprint density at radius 1 is 1.30 bits per heavy atom. The summed E-state index contributed by atoms with van der Waals surface area (Å²) in [5, 5.41) is 17.7. The third-order valence-electron chi connectivity index (χ3n) is 4.60. The number of hydrogen-bond acceptors (Lipinski definition) is 6. The third-order valence-corrected chi connectivity index (χ3v) is 5.89. The molecule has 0 amide bonds. The Morgan fingerprint density at radius 2 is 2.22 bits per heavy atom. The average Bonchev–Trinajstić information content (AvgIpc) is 3.30. The zero-order valence-electron chi connectivity index (χ0n) is 14.6. The first-order valence-electron chi connectivity index (χ1n) is 8.63. The molecular weight excluding hydrogens is 362 g/mol. The largest absolute Gasteiger partial charge is 0.394 e. The van der Waals surface area contributed by atoms with Gasteiger partial charge in [0, 0.05) is 39.1 Å². The van der Waals surface area contributed by atoms with Crippen LogP contribution in [0.15, 0.2) is 43.1 Å². The maximum Gasteiger partial charge on any atom is 0.193 e. The van der Waals surface area contributed by atoms with Gasteiger partial charge < -0.3 is 5.11 Å². The van der Waals surface area contributed by atoms with Crippen LogP contribution in [-0.2, 0) is 6.54 Å². The van der Waals surface area contributed by atoms with Crippen LogP contribution in [0.5, 0.6) is 0 Å². The van der Waals surface area contributed by atoms with Crippen LogP contribution in [0.1, 0.15) is 17.8 Å². The second kappa shape index (κ2) is 6.29. The second-order valence-corrected chi connectivity index (χ2v) is 7.48. The number of aliphatic hydroxyl groups is 1. The van der Waals surface area contributed by atoms with Gasteiger partial charge in [-0.25, -0.2) is 9.97 Å². The van der Waals surface area contributed by atoms with Gasteiger partial charge in [0.15, 0.2) is 11.3 Å². The van der Waals surface area contributed by atoms with Gasteiger partial charge in [0.1, 0.15) is 0 Å². The van der Waals surface area contributed by atoms with Gasteiger partial charge in [0.2, 0.25) is 0 Å². The predicted molar refractivity (Wildman–Crippen MR) is 104 cm³/mol. The highest BCUT2D eigenvalue weighted by molar-refractivity contribution is 7.19. The Balaban J connectivity index is 1.50.